The minimum absolute atomic E-state index is 0.0684. The standard InChI is InChI=1S/C18H21N3O3/c1-3-11-21(13-17(22)19-16-10-12-24-20-16)18(23)15(4-2)14-8-6-5-7-9-14/h3,5-10,12,15H,1,4,11,13H2,2H3,(H,19,20,22). The van der Waals surface area contributed by atoms with Crippen LogP contribution < -0.4 is 5.32 Å². The molecule has 2 amide bonds. The van der Waals surface area contributed by atoms with Gasteiger partial charge in [-0.15, -0.1) is 6.58 Å². The first-order valence-corrected chi connectivity index (χ1v) is 7.80. The largest absolute Gasteiger partial charge is 0.363 e. The van der Waals surface area contributed by atoms with Crippen LogP contribution in [-0.2, 0) is 9.59 Å². The molecule has 1 N–H and O–H groups in total. The molecule has 1 unspecified atom stereocenters. The average Bonchev–Trinajstić information content (AvgIpc) is 3.09. The Morgan fingerprint density at radius 1 is 1.33 bits per heavy atom. The predicted molar refractivity (Wildman–Crippen MR) is 91.4 cm³/mol. The highest BCUT2D eigenvalue weighted by Crippen LogP contribution is 2.22. The molecule has 0 spiro atoms. The summed E-state index contributed by atoms with van der Waals surface area (Å²) in [6, 6.07) is 11.1. The number of hydrogen-bond donors (Lipinski definition) is 1. The molecule has 1 heterocycles. The Labute approximate surface area is 141 Å². The van der Waals surface area contributed by atoms with Crippen molar-refractivity contribution >= 4 is 17.6 Å². The predicted octanol–water partition coefficient (Wildman–Crippen LogP) is 2.82. The molecule has 6 heteroatoms. The number of nitrogens with zero attached hydrogens (tertiary/aromatic N) is 2. The van der Waals surface area contributed by atoms with Crippen molar-refractivity contribution in [3.05, 3.63) is 60.9 Å². The maximum atomic E-state index is 12.9. The van der Waals surface area contributed by atoms with Crippen molar-refractivity contribution in [1.29, 1.82) is 0 Å². The summed E-state index contributed by atoms with van der Waals surface area (Å²) in [6.07, 6.45) is 3.63. The Morgan fingerprint density at radius 3 is 2.67 bits per heavy atom. The maximum Gasteiger partial charge on any atom is 0.245 e. The molecule has 2 rings (SSSR count). The zero-order chi connectivity index (χ0) is 17.4. The third-order valence-electron chi connectivity index (χ3n) is 3.61. The van der Waals surface area contributed by atoms with Gasteiger partial charge in [-0.2, -0.15) is 0 Å². The fraction of sp³-hybridized carbons (Fsp3) is 0.278. The van der Waals surface area contributed by atoms with E-state index >= 15 is 0 Å². The van der Waals surface area contributed by atoms with E-state index in [9.17, 15) is 9.59 Å². The minimum Gasteiger partial charge on any atom is -0.363 e. The van der Waals surface area contributed by atoms with Gasteiger partial charge in [-0.05, 0) is 12.0 Å². The van der Waals surface area contributed by atoms with Crippen LogP contribution in [0.15, 0.2) is 59.8 Å². The van der Waals surface area contributed by atoms with Crippen molar-refractivity contribution in [3.8, 4) is 0 Å². The second kappa shape index (κ2) is 8.67. The molecule has 24 heavy (non-hydrogen) atoms. The molecule has 0 fully saturated rings. The van der Waals surface area contributed by atoms with Gasteiger partial charge in [0, 0.05) is 12.6 Å². The summed E-state index contributed by atoms with van der Waals surface area (Å²) in [5.74, 6) is -0.395. The summed E-state index contributed by atoms with van der Waals surface area (Å²) < 4.78 is 4.67. The van der Waals surface area contributed by atoms with Gasteiger partial charge < -0.3 is 14.7 Å². The monoisotopic (exact) mass is 327 g/mol. The van der Waals surface area contributed by atoms with Gasteiger partial charge in [0.1, 0.15) is 12.8 Å². The molecular formula is C18H21N3O3. The number of anilines is 1. The first-order valence-electron chi connectivity index (χ1n) is 7.80. The molecule has 0 aliphatic heterocycles. The maximum absolute atomic E-state index is 12.9. The number of amides is 2. The topological polar surface area (TPSA) is 75.4 Å². The van der Waals surface area contributed by atoms with Gasteiger partial charge in [0.05, 0.1) is 5.92 Å². The molecule has 1 aromatic carbocycles. The van der Waals surface area contributed by atoms with Gasteiger partial charge in [0.2, 0.25) is 11.8 Å². The highest BCUT2D eigenvalue weighted by atomic mass is 16.5. The molecule has 1 aromatic heterocycles. The average molecular weight is 327 g/mol. The number of carbonyl (C=O) groups is 2. The van der Waals surface area contributed by atoms with E-state index in [2.05, 4.69) is 21.6 Å². The number of benzene rings is 1. The summed E-state index contributed by atoms with van der Waals surface area (Å²) in [6.45, 7) is 5.86. The van der Waals surface area contributed by atoms with E-state index in [1.807, 2.05) is 37.3 Å². The fourth-order valence-corrected chi connectivity index (χ4v) is 2.48. The number of nitrogens with one attached hydrogen (secondary N) is 1. The third-order valence-corrected chi connectivity index (χ3v) is 3.61. The zero-order valence-electron chi connectivity index (χ0n) is 13.6. The Morgan fingerprint density at radius 2 is 2.08 bits per heavy atom. The Kier molecular flexibility index (Phi) is 6.31. The Bertz CT molecular complexity index is 668. The van der Waals surface area contributed by atoms with Crippen LogP contribution in [-0.4, -0.2) is 35.0 Å². The highest BCUT2D eigenvalue weighted by molar-refractivity contribution is 5.95. The Hall–Kier alpha value is -2.89. The summed E-state index contributed by atoms with van der Waals surface area (Å²) in [4.78, 5) is 26.5. The van der Waals surface area contributed by atoms with Crippen LogP contribution in [0.25, 0.3) is 0 Å². The number of carbonyl (C=O) groups excluding carboxylic acids is 2. The number of rotatable bonds is 8. The van der Waals surface area contributed by atoms with Crippen molar-refractivity contribution < 1.29 is 14.1 Å². The van der Waals surface area contributed by atoms with E-state index in [-0.39, 0.29) is 24.3 Å². The van der Waals surface area contributed by atoms with Gasteiger partial charge in [-0.25, -0.2) is 0 Å². The van der Waals surface area contributed by atoms with Crippen LogP contribution in [0.4, 0.5) is 5.82 Å². The molecule has 0 bridgehead atoms. The molecule has 0 aliphatic carbocycles. The van der Waals surface area contributed by atoms with Crippen molar-refractivity contribution in [1.82, 2.24) is 10.1 Å². The van der Waals surface area contributed by atoms with Crippen molar-refractivity contribution in [2.24, 2.45) is 0 Å². The molecule has 2 aromatic rings. The molecule has 0 saturated carbocycles. The van der Waals surface area contributed by atoms with Crippen LogP contribution in [0, 0.1) is 0 Å². The van der Waals surface area contributed by atoms with E-state index in [1.54, 1.807) is 6.08 Å². The molecular weight excluding hydrogens is 306 g/mol. The summed E-state index contributed by atoms with van der Waals surface area (Å²) in [5, 5.41) is 6.21. The molecule has 6 nitrogen and oxygen atoms in total. The van der Waals surface area contributed by atoms with Crippen LogP contribution in [0.2, 0.25) is 0 Å². The van der Waals surface area contributed by atoms with E-state index in [0.717, 1.165) is 5.56 Å². The van der Waals surface area contributed by atoms with Crippen LogP contribution in [0.3, 0.4) is 0 Å². The molecule has 0 aliphatic rings. The summed E-state index contributed by atoms with van der Waals surface area (Å²) in [7, 11) is 0. The minimum atomic E-state index is -0.331. The second-order valence-corrected chi connectivity index (χ2v) is 5.31. The lowest BCUT2D eigenvalue weighted by atomic mass is 9.95. The lowest BCUT2D eigenvalue weighted by Gasteiger charge is -2.25. The van der Waals surface area contributed by atoms with E-state index < -0.39 is 0 Å². The van der Waals surface area contributed by atoms with Crippen molar-refractivity contribution in [2.75, 3.05) is 18.4 Å². The summed E-state index contributed by atoms with van der Waals surface area (Å²) >= 11 is 0. The lowest BCUT2D eigenvalue weighted by molar-refractivity contribution is -0.135. The van der Waals surface area contributed by atoms with Gasteiger partial charge in [-0.1, -0.05) is 48.5 Å². The second-order valence-electron chi connectivity index (χ2n) is 5.31. The van der Waals surface area contributed by atoms with Crippen molar-refractivity contribution in [2.45, 2.75) is 19.3 Å². The normalized spacial score (nSPS) is 11.5. The lowest BCUT2D eigenvalue weighted by Crippen LogP contribution is -2.40. The van der Waals surface area contributed by atoms with Gasteiger partial charge >= 0.3 is 0 Å². The number of hydrogen-bond acceptors (Lipinski definition) is 4. The zero-order valence-corrected chi connectivity index (χ0v) is 13.6. The molecule has 1 atom stereocenters. The highest BCUT2D eigenvalue weighted by Gasteiger charge is 2.25. The van der Waals surface area contributed by atoms with Gasteiger partial charge in [0.25, 0.3) is 0 Å². The SMILES string of the molecule is C=CCN(CC(=O)Nc1ccon1)C(=O)C(CC)c1ccccc1. The fourth-order valence-electron chi connectivity index (χ4n) is 2.48. The third kappa shape index (κ3) is 4.55. The van der Waals surface area contributed by atoms with Crippen molar-refractivity contribution in [3.63, 3.8) is 0 Å². The van der Waals surface area contributed by atoms with Crippen LogP contribution in [0.1, 0.15) is 24.8 Å². The molecule has 0 saturated heterocycles. The van der Waals surface area contributed by atoms with Gasteiger partial charge in [-0.3, -0.25) is 9.59 Å². The summed E-state index contributed by atoms with van der Waals surface area (Å²) in [5.41, 5.74) is 0.941. The quantitative estimate of drug-likeness (QED) is 0.757. The first kappa shape index (κ1) is 17.5. The van der Waals surface area contributed by atoms with E-state index in [4.69, 9.17) is 0 Å². The first-order chi connectivity index (χ1) is 11.7. The smallest absolute Gasteiger partial charge is 0.245 e. The number of aromatic nitrogens is 1. The Balaban J connectivity index is 2.08. The van der Waals surface area contributed by atoms with E-state index in [0.29, 0.717) is 18.8 Å². The van der Waals surface area contributed by atoms with E-state index in [1.165, 1.54) is 17.2 Å². The molecule has 0 radical (unpaired) electrons. The van der Waals surface area contributed by atoms with Crippen LogP contribution in [0.5, 0.6) is 0 Å². The van der Waals surface area contributed by atoms with Gasteiger partial charge in [0.15, 0.2) is 5.82 Å². The van der Waals surface area contributed by atoms with Crippen LogP contribution >= 0.6 is 0 Å². The molecule has 126 valence electrons.